The number of esters is 1. The lowest BCUT2D eigenvalue weighted by molar-refractivity contribution is -0.156. The van der Waals surface area contributed by atoms with Gasteiger partial charge in [-0.15, -0.1) is 0 Å². The summed E-state index contributed by atoms with van der Waals surface area (Å²) in [5.41, 5.74) is 6.00. The maximum atomic E-state index is 12.8. The average molecular weight is 508 g/mol. The number of nitrogens with one attached hydrogen (secondary N) is 2. The van der Waals surface area contributed by atoms with Crippen molar-refractivity contribution in [2.45, 2.75) is 51.7 Å². The third-order valence-corrected chi connectivity index (χ3v) is 4.96. The smallest absolute Gasteiger partial charge is 0.408 e. The molecule has 0 bridgehead atoms. The molecule has 0 aromatic heterocycles. The van der Waals surface area contributed by atoms with Crippen molar-refractivity contribution in [2.75, 3.05) is 13.7 Å². The van der Waals surface area contributed by atoms with Gasteiger partial charge in [-0.05, 0) is 26.3 Å². The minimum absolute atomic E-state index is 0.000587. The van der Waals surface area contributed by atoms with Crippen LogP contribution < -0.4 is 16.4 Å². The zero-order valence-electron chi connectivity index (χ0n) is 20.3. The Bertz CT molecular complexity index is 1000. The van der Waals surface area contributed by atoms with Crippen LogP contribution in [0.25, 0.3) is 0 Å². The van der Waals surface area contributed by atoms with E-state index >= 15 is 0 Å². The highest BCUT2D eigenvalue weighted by Gasteiger charge is 2.55. The third kappa shape index (κ3) is 7.40. The highest BCUT2D eigenvalue weighted by molar-refractivity contribution is 6.02. The summed E-state index contributed by atoms with van der Waals surface area (Å²) in [6.07, 6.45) is -3.40. The minimum atomic E-state index is -1.34. The largest absolute Gasteiger partial charge is 0.464 e. The topological polar surface area (TPSA) is 190 Å². The van der Waals surface area contributed by atoms with Crippen LogP contribution in [0.3, 0.4) is 0 Å². The summed E-state index contributed by atoms with van der Waals surface area (Å²) in [6.45, 7) is 4.31. The summed E-state index contributed by atoms with van der Waals surface area (Å²) < 4.78 is 14.8. The van der Waals surface area contributed by atoms with Crippen molar-refractivity contribution in [3.8, 4) is 0 Å². The number of carbonyl (C=O) groups excluding carboxylic acids is 6. The van der Waals surface area contributed by atoms with E-state index < -0.39 is 60.1 Å². The van der Waals surface area contributed by atoms with Crippen LogP contribution in [-0.4, -0.2) is 83.8 Å². The number of imide groups is 1. The van der Waals surface area contributed by atoms with E-state index in [2.05, 4.69) is 10.6 Å². The quantitative estimate of drug-likeness (QED) is 0.223. The zero-order valence-corrected chi connectivity index (χ0v) is 20.3. The number of epoxide rings is 1. The Kier molecular flexibility index (Phi) is 9.73. The maximum absolute atomic E-state index is 12.8. The van der Waals surface area contributed by atoms with Gasteiger partial charge in [-0.1, -0.05) is 30.3 Å². The Morgan fingerprint density at radius 2 is 1.64 bits per heavy atom. The maximum Gasteiger partial charge on any atom is 0.408 e. The van der Waals surface area contributed by atoms with E-state index in [4.69, 9.17) is 19.9 Å². The van der Waals surface area contributed by atoms with Crippen LogP contribution in [0.5, 0.6) is 0 Å². The van der Waals surface area contributed by atoms with Crippen molar-refractivity contribution in [3.05, 3.63) is 35.9 Å². The summed E-state index contributed by atoms with van der Waals surface area (Å²) in [7, 11) is 1.08. The second-order valence-corrected chi connectivity index (χ2v) is 7.74. The molecule has 1 aromatic rings. The number of benzene rings is 1. The zero-order chi connectivity index (χ0) is 27.0. The second kappa shape index (κ2) is 12.5. The standard InChI is InChI=1S/C22H29N5O9/c1-5-34-20(31)16-15(36-16)19(30)27(21(23)32)26(4)18(29)13(3)24-17(28)12(2)25-22(33)35-11-14-9-7-6-8-10-14/h6-10,12-13,15-16H,5,11H2,1-4H3,(H2,23,32)(H,24,28)(H,25,33)/t12-,13-,15-,16-/m0/s1. The van der Waals surface area contributed by atoms with Crippen LogP contribution in [0.4, 0.5) is 9.59 Å². The van der Waals surface area contributed by atoms with Gasteiger partial charge in [0.05, 0.1) is 6.61 Å². The van der Waals surface area contributed by atoms with Gasteiger partial charge in [0.1, 0.15) is 18.7 Å². The number of rotatable bonds is 9. The van der Waals surface area contributed by atoms with E-state index in [0.717, 1.165) is 12.6 Å². The Morgan fingerprint density at radius 1 is 1.00 bits per heavy atom. The van der Waals surface area contributed by atoms with Crippen molar-refractivity contribution >= 4 is 35.8 Å². The summed E-state index contributed by atoms with van der Waals surface area (Å²) >= 11 is 0. The molecule has 4 N–H and O–H groups in total. The van der Waals surface area contributed by atoms with Crippen LogP contribution in [0.15, 0.2) is 30.3 Å². The lowest BCUT2D eigenvalue weighted by atomic mass is 10.2. The Hall–Kier alpha value is -4.20. The molecule has 1 aliphatic heterocycles. The molecule has 1 aliphatic rings. The first-order chi connectivity index (χ1) is 17.0. The number of hydrogen-bond donors (Lipinski definition) is 3. The van der Waals surface area contributed by atoms with Crippen LogP contribution in [0.1, 0.15) is 26.3 Å². The fourth-order valence-electron chi connectivity index (χ4n) is 3.01. The van der Waals surface area contributed by atoms with Crippen molar-refractivity contribution in [1.82, 2.24) is 20.7 Å². The first kappa shape index (κ1) is 28.0. The van der Waals surface area contributed by atoms with Gasteiger partial charge in [-0.25, -0.2) is 19.4 Å². The van der Waals surface area contributed by atoms with Gasteiger partial charge in [0, 0.05) is 7.05 Å². The Morgan fingerprint density at radius 3 is 2.22 bits per heavy atom. The normalized spacial score (nSPS) is 17.6. The first-order valence-corrected chi connectivity index (χ1v) is 11.0. The first-order valence-electron chi connectivity index (χ1n) is 11.0. The number of amides is 6. The van der Waals surface area contributed by atoms with Gasteiger partial charge in [-0.3, -0.25) is 14.4 Å². The Balaban J connectivity index is 1.89. The van der Waals surface area contributed by atoms with E-state index in [-0.39, 0.29) is 13.2 Å². The molecule has 4 atom stereocenters. The molecule has 1 fully saturated rings. The number of primary amides is 1. The lowest BCUT2D eigenvalue weighted by Gasteiger charge is -2.30. The van der Waals surface area contributed by atoms with Crippen LogP contribution in [-0.2, 0) is 40.0 Å². The summed E-state index contributed by atoms with van der Waals surface area (Å²) in [5.74, 6) is -3.46. The van der Waals surface area contributed by atoms with E-state index in [9.17, 15) is 28.8 Å². The van der Waals surface area contributed by atoms with E-state index in [1.54, 1.807) is 31.2 Å². The molecule has 36 heavy (non-hydrogen) atoms. The number of nitrogens with two attached hydrogens (primary N) is 1. The summed E-state index contributed by atoms with van der Waals surface area (Å²) in [6, 6.07) is 5.30. The molecule has 6 amide bonds. The van der Waals surface area contributed by atoms with Crippen LogP contribution in [0.2, 0.25) is 0 Å². The predicted octanol–water partition coefficient (Wildman–Crippen LogP) is -0.583. The number of likely N-dealkylation sites (N-methyl/N-ethyl adjacent to an activating group) is 1. The molecular formula is C22H29N5O9. The fourth-order valence-corrected chi connectivity index (χ4v) is 3.01. The predicted molar refractivity (Wildman–Crippen MR) is 121 cm³/mol. The molecule has 1 aromatic carbocycles. The van der Waals surface area contributed by atoms with E-state index in [0.29, 0.717) is 10.0 Å². The summed E-state index contributed by atoms with van der Waals surface area (Å²) in [4.78, 5) is 73.3. The fraction of sp³-hybridized carbons (Fsp3) is 0.455. The SMILES string of the molecule is CCOC(=O)[C@H]1O[C@@H]1C(=O)N(C(N)=O)N(C)C(=O)[C@H](C)NC(=O)[C@H](C)NC(=O)OCc1ccccc1. The van der Waals surface area contributed by atoms with Crippen molar-refractivity contribution in [1.29, 1.82) is 0 Å². The van der Waals surface area contributed by atoms with Gasteiger partial charge in [0.2, 0.25) is 5.91 Å². The Labute approximate surface area is 207 Å². The molecule has 0 unspecified atom stereocenters. The number of urea groups is 1. The molecule has 1 saturated heterocycles. The average Bonchev–Trinajstić information content (AvgIpc) is 3.64. The number of alkyl carbamates (subject to hydrolysis) is 1. The molecule has 1 heterocycles. The molecule has 2 rings (SSSR count). The number of hydrazine groups is 1. The number of carbonyl (C=O) groups is 6. The molecule has 0 aliphatic carbocycles. The molecule has 0 radical (unpaired) electrons. The van der Waals surface area contributed by atoms with Crippen molar-refractivity contribution in [2.24, 2.45) is 5.73 Å². The molecule has 14 heteroatoms. The van der Waals surface area contributed by atoms with Gasteiger partial charge >= 0.3 is 18.1 Å². The minimum Gasteiger partial charge on any atom is -0.464 e. The molecule has 0 saturated carbocycles. The highest BCUT2D eigenvalue weighted by atomic mass is 16.6. The highest BCUT2D eigenvalue weighted by Crippen LogP contribution is 2.26. The van der Waals surface area contributed by atoms with E-state index in [1.165, 1.54) is 13.8 Å². The van der Waals surface area contributed by atoms with Gasteiger partial charge in [0.25, 0.3) is 11.8 Å². The third-order valence-electron chi connectivity index (χ3n) is 4.96. The number of hydrogen-bond acceptors (Lipinski definition) is 9. The van der Waals surface area contributed by atoms with Gasteiger partial charge < -0.3 is 30.6 Å². The van der Waals surface area contributed by atoms with Crippen molar-refractivity contribution in [3.63, 3.8) is 0 Å². The molecule has 0 spiro atoms. The number of nitrogens with zero attached hydrogens (tertiary/aromatic N) is 2. The van der Waals surface area contributed by atoms with E-state index in [1.807, 2.05) is 6.07 Å². The lowest BCUT2D eigenvalue weighted by Crippen LogP contribution is -2.59. The van der Waals surface area contributed by atoms with Crippen LogP contribution >= 0.6 is 0 Å². The van der Waals surface area contributed by atoms with Crippen LogP contribution in [0, 0.1) is 0 Å². The number of ether oxygens (including phenoxy) is 3. The van der Waals surface area contributed by atoms with Crippen molar-refractivity contribution < 1.29 is 43.0 Å². The monoisotopic (exact) mass is 507 g/mol. The molecule has 14 nitrogen and oxygen atoms in total. The molecular weight excluding hydrogens is 478 g/mol. The second-order valence-electron chi connectivity index (χ2n) is 7.74. The van der Waals surface area contributed by atoms with Gasteiger partial charge in [-0.2, -0.15) is 5.01 Å². The molecule has 196 valence electrons. The van der Waals surface area contributed by atoms with Gasteiger partial charge in [0.15, 0.2) is 12.2 Å². The summed E-state index contributed by atoms with van der Waals surface area (Å²) in [5, 5.41) is 5.61.